The molecule has 0 saturated carbocycles. The molecule has 0 aliphatic heterocycles. The van der Waals surface area contributed by atoms with Crippen LogP contribution >= 0.6 is 0 Å². The summed E-state index contributed by atoms with van der Waals surface area (Å²) < 4.78 is 67.9. The summed E-state index contributed by atoms with van der Waals surface area (Å²) in [6, 6.07) is 4.01. The van der Waals surface area contributed by atoms with Gasteiger partial charge >= 0.3 is 15.6 Å². The molecule has 0 radical (unpaired) electrons. The van der Waals surface area contributed by atoms with Crippen molar-refractivity contribution in [1.29, 1.82) is 0 Å². The third kappa shape index (κ3) is 2.57. The highest BCUT2D eigenvalue weighted by atomic mass is 32.2. The van der Waals surface area contributed by atoms with Crippen LogP contribution in [0.2, 0.25) is 0 Å². The zero-order chi connectivity index (χ0) is 14.3. The highest BCUT2D eigenvalue weighted by Gasteiger charge is 2.49. The van der Waals surface area contributed by atoms with E-state index in [4.69, 9.17) is 4.74 Å². The molecule has 0 unspecified atom stereocenters. The third-order valence-electron chi connectivity index (χ3n) is 2.13. The van der Waals surface area contributed by atoms with Crippen LogP contribution in [0.5, 0.6) is 11.6 Å². The first-order valence-electron chi connectivity index (χ1n) is 4.77. The lowest BCUT2D eigenvalue weighted by Crippen LogP contribution is -2.28. The molecule has 0 atom stereocenters. The minimum atomic E-state index is -5.72. The second kappa shape index (κ2) is 4.30. The maximum Gasteiger partial charge on any atom is 0.534 e. The predicted octanol–water partition coefficient (Wildman–Crippen LogP) is 1.57. The average molecular weight is 296 g/mol. The summed E-state index contributed by atoms with van der Waals surface area (Å²) in [6.07, 6.45) is 1.39. The van der Waals surface area contributed by atoms with Crippen molar-refractivity contribution in [2.24, 2.45) is 0 Å². The fourth-order valence-electron chi connectivity index (χ4n) is 1.28. The van der Waals surface area contributed by atoms with E-state index in [1.165, 1.54) is 25.4 Å². The molecule has 0 N–H and O–H groups in total. The average Bonchev–Trinajstić information content (AvgIpc) is 2.67. The first kappa shape index (κ1) is 13.5. The normalized spacial score (nSPS) is 12.6. The van der Waals surface area contributed by atoms with Gasteiger partial charge in [-0.1, -0.05) is 0 Å². The molecule has 0 aromatic carbocycles. The smallest absolute Gasteiger partial charge is 0.497 e. The second-order valence-electron chi connectivity index (χ2n) is 3.40. The third-order valence-corrected chi connectivity index (χ3v) is 3.08. The first-order valence-corrected chi connectivity index (χ1v) is 6.18. The van der Waals surface area contributed by atoms with Crippen molar-refractivity contribution >= 4 is 15.6 Å². The number of alkyl halides is 3. The van der Waals surface area contributed by atoms with E-state index < -0.39 is 21.5 Å². The van der Waals surface area contributed by atoms with Gasteiger partial charge in [0.25, 0.3) is 5.88 Å². The van der Waals surface area contributed by atoms with Crippen LogP contribution in [0.15, 0.2) is 24.4 Å². The lowest BCUT2D eigenvalue weighted by Gasteiger charge is -2.06. The molecule has 10 heteroatoms. The van der Waals surface area contributed by atoms with Crippen LogP contribution < -0.4 is 8.92 Å². The summed E-state index contributed by atoms with van der Waals surface area (Å²) >= 11 is 0. The molecule has 2 rings (SSSR count). The van der Waals surface area contributed by atoms with Crippen LogP contribution in [0.4, 0.5) is 13.2 Å². The summed E-state index contributed by atoms with van der Waals surface area (Å²) in [6.45, 7) is 0. The van der Waals surface area contributed by atoms with Gasteiger partial charge in [-0.15, -0.1) is 5.10 Å². The number of pyridine rings is 1. The summed E-state index contributed by atoms with van der Waals surface area (Å²) in [5.41, 5.74) is -5.17. The monoisotopic (exact) mass is 296 g/mol. The number of hydrogen-bond donors (Lipinski definition) is 0. The molecular weight excluding hydrogens is 289 g/mol. The van der Waals surface area contributed by atoms with Gasteiger partial charge in [-0.3, -0.25) is 0 Å². The number of halogens is 3. The molecule has 0 fully saturated rings. The van der Waals surface area contributed by atoms with Gasteiger partial charge in [-0.25, -0.2) is 4.52 Å². The zero-order valence-electron chi connectivity index (χ0n) is 9.38. The summed E-state index contributed by atoms with van der Waals surface area (Å²) in [5, 5.41) is 3.55. The lowest BCUT2D eigenvalue weighted by atomic mass is 10.4. The Kier molecular flexibility index (Phi) is 3.04. The fourth-order valence-corrected chi connectivity index (χ4v) is 1.68. The molecular formula is C9H7F3N2O4S. The maximum atomic E-state index is 12.1. The number of aromatic nitrogens is 2. The summed E-state index contributed by atoms with van der Waals surface area (Å²) in [5.74, 6) is -0.233. The van der Waals surface area contributed by atoms with Crippen LogP contribution in [0.3, 0.4) is 0 Å². The van der Waals surface area contributed by atoms with Crippen molar-refractivity contribution < 1.29 is 30.5 Å². The zero-order valence-corrected chi connectivity index (χ0v) is 10.2. The quantitative estimate of drug-likeness (QED) is 0.635. The van der Waals surface area contributed by atoms with Crippen molar-refractivity contribution in [1.82, 2.24) is 9.61 Å². The van der Waals surface area contributed by atoms with Crippen LogP contribution in [-0.2, 0) is 10.1 Å². The van der Waals surface area contributed by atoms with E-state index >= 15 is 0 Å². The Morgan fingerprint density at radius 1 is 1.32 bits per heavy atom. The number of ether oxygens (including phenoxy) is 1. The molecule has 104 valence electrons. The molecule has 0 aliphatic rings. The van der Waals surface area contributed by atoms with Gasteiger partial charge in [-0.05, 0) is 6.07 Å². The largest absolute Gasteiger partial charge is 0.534 e. The Labute approximate surface area is 105 Å². The number of methoxy groups -OCH3 is 1. The molecule has 2 aromatic rings. The number of nitrogens with zero attached hydrogens (tertiary/aromatic N) is 2. The van der Waals surface area contributed by atoms with Gasteiger partial charge in [0.2, 0.25) is 0 Å². The minimum Gasteiger partial charge on any atom is -0.497 e. The molecule has 19 heavy (non-hydrogen) atoms. The van der Waals surface area contributed by atoms with Crippen LogP contribution in [-0.4, -0.2) is 30.7 Å². The Bertz CT molecular complexity index is 708. The van der Waals surface area contributed by atoms with Crippen LogP contribution in [0.1, 0.15) is 0 Å². The first-order chi connectivity index (χ1) is 8.73. The van der Waals surface area contributed by atoms with Crippen molar-refractivity contribution in [3.63, 3.8) is 0 Å². The molecule has 0 bridgehead atoms. The fraction of sp³-hybridized carbons (Fsp3) is 0.222. The standard InChI is InChI=1S/C9H7F3N2O4S/c1-17-7-2-3-14-6(4-7)5-8(13-14)18-19(15,16)9(10,11)12/h2-5H,1H3. The molecule has 2 heterocycles. The van der Waals surface area contributed by atoms with Crippen LogP contribution in [0.25, 0.3) is 5.52 Å². The van der Waals surface area contributed by atoms with Crippen molar-refractivity contribution in [2.75, 3.05) is 7.11 Å². The molecule has 6 nitrogen and oxygen atoms in total. The minimum absolute atomic E-state index is 0.326. The summed E-state index contributed by atoms with van der Waals surface area (Å²) in [7, 11) is -4.31. The SMILES string of the molecule is COc1ccn2nc(OS(=O)(=O)C(F)(F)F)cc2c1. The maximum absolute atomic E-state index is 12.1. The number of rotatable bonds is 3. The van der Waals surface area contributed by atoms with Gasteiger partial charge in [0, 0.05) is 18.3 Å². The summed E-state index contributed by atoms with van der Waals surface area (Å²) in [4.78, 5) is 0. The van der Waals surface area contributed by atoms with E-state index in [0.29, 0.717) is 11.3 Å². The van der Waals surface area contributed by atoms with Gasteiger partial charge in [0.05, 0.1) is 12.6 Å². The highest BCUT2D eigenvalue weighted by molar-refractivity contribution is 7.87. The Morgan fingerprint density at radius 2 is 2.00 bits per heavy atom. The van der Waals surface area contributed by atoms with Gasteiger partial charge in [-0.2, -0.15) is 21.6 Å². The number of hydrogen-bond acceptors (Lipinski definition) is 5. The van der Waals surface area contributed by atoms with Gasteiger partial charge in [0.15, 0.2) is 0 Å². The van der Waals surface area contributed by atoms with E-state index in [-0.39, 0.29) is 0 Å². The highest BCUT2D eigenvalue weighted by Crippen LogP contribution is 2.27. The van der Waals surface area contributed by atoms with Crippen molar-refractivity contribution in [3.05, 3.63) is 24.4 Å². The van der Waals surface area contributed by atoms with Gasteiger partial charge < -0.3 is 8.92 Å². The van der Waals surface area contributed by atoms with E-state index in [2.05, 4.69) is 9.28 Å². The van der Waals surface area contributed by atoms with E-state index in [0.717, 1.165) is 10.6 Å². The van der Waals surface area contributed by atoms with E-state index in [9.17, 15) is 21.6 Å². The van der Waals surface area contributed by atoms with E-state index in [1.807, 2.05) is 0 Å². The molecule has 0 aliphatic carbocycles. The second-order valence-corrected chi connectivity index (χ2v) is 4.94. The Balaban J connectivity index is 2.37. The van der Waals surface area contributed by atoms with Crippen molar-refractivity contribution in [2.45, 2.75) is 5.51 Å². The van der Waals surface area contributed by atoms with Crippen LogP contribution in [0, 0.1) is 0 Å². The van der Waals surface area contributed by atoms with Crippen molar-refractivity contribution in [3.8, 4) is 11.6 Å². The molecule has 0 amide bonds. The number of fused-ring (bicyclic) bond motifs is 1. The molecule has 0 spiro atoms. The Hall–Kier alpha value is -1.97. The predicted molar refractivity (Wildman–Crippen MR) is 57.3 cm³/mol. The topological polar surface area (TPSA) is 69.9 Å². The molecule has 2 aromatic heterocycles. The Morgan fingerprint density at radius 3 is 2.58 bits per heavy atom. The van der Waals surface area contributed by atoms with Gasteiger partial charge in [0.1, 0.15) is 5.75 Å². The lowest BCUT2D eigenvalue weighted by molar-refractivity contribution is -0.0501. The van der Waals surface area contributed by atoms with E-state index in [1.54, 1.807) is 0 Å². The molecule has 0 saturated heterocycles.